The molecular weight excluding hydrogens is 176 g/mol. The minimum atomic E-state index is -1.57. The third-order valence-corrected chi connectivity index (χ3v) is 2.39. The Bertz CT molecular complexity index is 270. The molecule has 1 aliphatic rings. The molecule has 1 saturated heterocycles. The molecule has 0 spiro atoms. The average molecular weight is 186 g/mol. The fraction of sp³-hybridized carbons (Fsp3) is 0.625. The molecule has 0 amide bonds. The van der Waals surface area contributed by atoms with Crippen molar-refractivity contribution < 1.29 is 24.2 Å². The van der Waals surface area contributed by atoms with Gasteiger partial charge in [-0.3, -0.25) is 9.59 Å². The zero-order chi connectivity index (χ0) is 10.1. The van der Waals surface area contributed by atoms with Crippen LogP contribution >= 0.6 is 0 Å². The number of aliphatic carboxylic acids is 1. The molecule has 0 radical (unpaired) electrons. The summed E-state index contributed by atoms with van der Waals surface area (Å²) in [5.74, 6) is -3.33. The molecule has 0 bridgehead atoms. The molecule has 0 aromatic rings. The summed E-state index contributed by atoms with van der Waals surface area (Å²) in [6.45, 7) is 1.74. The van der Waals surface area contributed by atoms with E-state index in [2.05, 4.69) is 4.74 Å². The van der Waals surface area contributed by atoms with Gasteiger partial charge in [-0.2, -0.15) is 0 Å². The Labute approximate surface area is 74.7 Å². The van der Waals surface area contributed by atoms with Gasteiger partial charge in [0.15, 0.2) is 0 Å². The van der Waals surface area contributed by atoms with Gasteiger partial charge in [0.2, 0.25) is 0 Å². The van der Waals surface area contributed by atoms with Gasteiger partial charge in [0.25, 0.3) is 5.78 Å². The largest absolute Gasteiger partial charge is 0.475 e. The van der Waals surface area contributed by atoms with Crippen molar-refractivity contribution in [2.24, 2.45) is 5.41 Å². The first-order chi connectivity index (χ1) is 6.04. The first-order valence-electron chi connectivity index (χ1n) is 3.99. The Balaban J connectivity index is 3.00. The first-order valence-corrected chi connectivity index (χ1v) is 3.99. The average Bonchev–Trinajstić information content (AvgIpc) is 2.46. The standard InChI is InChI=1S/C8H10O5/c1-2-8(5(9)6(10)11)3-4-13-7(8)12/h2-4H2,1H3,(H,10,11). The third kappa shape index (κ3) is 1.30. The second kappa shape index (κ2) is 3.16. The number of Topliss-reactive ketones (excluding diaryl/α,β-unsaturated/α-hetero) is 1. The lowest BCUT2D eigenvalue weighted by molar-refractivity contribution is -0.161. The van der Waals surface area contributed by atoms with E-state index >= 15 is 0 Å². The number of carbonyl (C=O) groups excluding carboxylic acids is 2. The molecule has 1 unspecified atom stereocenters. The number of ether oxygens (including phenoxy) is 1. The highest BCUT2D eigenvalue weighted by atomic mass is 16.5. The predicted molar refractivity (Wildman–Crippen MR) is 40.9 cm³/mol. The highest BCUT2D eigenvalue weighted by Gasteiger charge is 2.52. The van der Waals surface area contributed by atoms with E-state index in [1.165, 1.54) is 0 Å². The fourth-order valence-corrected chi connectivity index (χ4v) is 1.45. The summed E-state index contributed by atoms with van der Waals surface area (Å²) in [5.41, 5.74) is -1.42. The monoisotopic (exact) mass is 186 g/mol. The third-order valence-electron chi connectivity index (χ3n) is 2.39. The van der Waals surface area contributed by atoms with E-state index in [9.17, 15) is 14.4 Å². The van der Waals surface area contributed by atoms with Gasteiger partial charge in [-0.15, -0.1) is 0 Å². The quantitative estimate of drug-likeness (QED) is 0.380. The molecule has 0 saturated carbocycles. The van der Waals surface area contributed by atoms with E-state index in [0.717, 1.165) is 0 Å². The Hall–Kier alpha value is -1.39. The molecule has 0 aromatic carbocycles. The van der Waals surface area contributed by atoms with Gasteiger partial charge in [0.1, 0.15) is 5.41 Å². The van der Waals surface area contributed by atoms with Crippen molar-refractivity contribution in [2.75, 3.05) is 6.61 Å². The Morgan fingerprint density at radius 1 is 1.62 bits per heavy atom. The van der Waals surface area contributed by atoms with Crippen LogP contribution in [-0.4, -0.2) is 29.4 Å². The Morgan fingerprint density at radius 2 is 2.23 bits per heavy atom. The SMILES string of the molecule is CCC1(C(=O)C(=O)O)CCOC1=O. The smallest absolute Gasteiger partial charge is 0.373 e. The maximum atomic E-state index is 11.2. The van der Waals surface area contributed by atoms with Crippen LogP contribution in [0.25, 0.3) is 0 Å². The Morgan fingerprint density at radius 3 is 2.54 bits per heavy atom. The predicted octanol–water partition coefficient (Wildman–Crippen LogP) is -0.0166. The minimum absolute atomic E-state index is 0.131. The van der Waals surface area contributed by atoms with Crippen LogP contribution in [0.2, 0.25) is 0 Å². The lowest BCUT2D eigenvalue weighted by Crippen LogP contribution is -2.39. The molecule has 72 valence electrons. The molecule has 1 aliphatic heterocycles. The zero-order valence-electron chi connectivity index (χ0n) is 7.20. The number of carboxylic acid groups (broad SMARTS) is 1. The first kappa shape index (κ1) is 9.70. The van der Waals surface area contributed by atoms with E-state index in [1.54, 1.807) is 6.92 Å². The van der Waals surface area contributed by atoms with Crippen molar-refractivity contribution in [2.45, 2.75) is 19.8 Å². The minimum Gasteiger partial charge on any atom is -0.475 e. The number of rotatable bonds is 3. The van der Waals surface area contributed by atoms with E-state index in [1.807, 2.05) is 0 Å². The van der Waals surface area contributed by atoms with Crippen LogP contribution in [0, 0.1) is 5.41 Å². The van der Waals surface area contributed by atoms with Gasteiger partial charge >= 0.3 is 11.9 Å². The number of hydrogen-bond acceptors (Lipinski definition) is 4. The summed E-state index contributed by atoms with van der Waals surface area (Å²) in [4.78, 5) is 32.8. The number of hydrogen-bond donors (Lipinski definition) is 1. The van der Waals surface area contributed by atoms with Crippen molar-refractivity contribution in [1.29, 1.82) is 0 Å². The van der Waals surface area contributed by atoms with E-state index < -0.39 is 23.1 Å². The number of cyclic esters (lactones) is 1. The van der Waals surface area contributed by atoms with Crippen molar-refractivity contribution >= 4 is 17.7 Å². The van der Waals surface area contributed by atoms with Gasteiger partial charge in [0, 0.05) is 6.42 Å². The van der Waals surface area contributed by atoms with Crippen molar-refractivity contribution in [3.05, 3.63) is 0 Å². The van der Waals surface area contributed by atoms with Crippen LogP contribution in [0.15, 0.2) is 0 Å². The van der Waals surface area contributed by atoms with Crippen LogP contribution in [0.1, 0.15) is 19.8 Å². The lowest BCUT2D eigenvalue weighted by atomic mass is 9.79. The van der Waals surface area contributed by atoms with Gasteiger partial charge in [-0.25, -0.2) is 4.79 Å². The number of carboxylic acids is 1. The second-order valence-electron chi connectivity index (χ2n) is 2.96. The maximum absolute atomic E-state index is 11.2. The summed E-state index contributed by atoms with van der Waals surface area (Å²) < 4.78 is 4.61. The van der Waals surface area contributed by atoms with Crippen LogP contribution in [0.4, 0.5) is 0 Å². The van der Waals surface area contributed by atoms with Crippen LogP contribution in [0.5, 0.6) is 0 Å². The normalized spacial score (nSPS) is 27.0. The molecule has 0 aliphatic carbocycles. The van der Waals surface area contributed by atoms with Gasteiger partial charge in [-0.05, 0) is 6.42 Å². The molecule has 0 aromatic heterocycles. The van der Waals surface area contributed by atoms with Gasteiger partial charge in [0.05, 0.1) is 6.61 Å². The molecular formula is C8H10O5. The van der Waals surface area contributed by atoms with Crippen LogP contribution in [-0.2, 0) is 19.1 Å². The maximum Gasteiger partial charge on any atom is 0.373 e. The van der Waals surface area contributed by atoms with E-state index in [4.69, 9.17) is 5.11 Å². The van der Waals surface area contributed by atoms with Gasteiger partial charge < -0.3 is 9.84 Å². The molecule has 5 heteroatoms. The van der Waals surface area contributed by atoms with Crippen molar-refractivity contribution in [3.63, 3.8) is 0 Å². The molecule has 1 heterocycles. The molecule has 1 rings (SSSR count). The molecule has 1 fully saturated rings. The zero-order valence-corrected chi connectivity index (χ0v) is 7.20. The van der Waals surface area contributed by atoms with Crippen LogP contribution < -0.4 is 0 Å². The molecule has 13 heavy (non-hydrogen) atoms. The summed E-state index contributed by atoms with van der Waals surface area (Å²) >= 11 is 0. The Kier molecular flexibility index (Phi) is 2.36. The molecule has 1 atom stereocenters. The topological polar surface area (TPSA) is 80.7 Å². The number of ketones is 1. The summed E-state index contributed by atoms with van der Waals surface area (Å²) in [5, 5.41) is 8.50. The van der Waals surface area contributed by atoms with Crippen molar-refractivity contribution in [1.82, 2.24) is 0 Å². The summed E-state index contributed by atoms with van der Waals surface area (Å²) in [6, 6.07) is 0. The lowest BCUT2D eigenvalue weighted by Gasteiger charge is -2.17. The van der Waals surface area contributed by atoms with E-state index in [0.29, 0.717) is 0 Å². The fourth-order valence-electron chi connectivity index (χ4n) is 1.45. The van der Waals surface area contributed by atoms with E-state index in [-0.39, 0.29) is 19.4 Å². The van der Waals surface area contributed by atoms with Crippen molar-refractivity contribution in [3.8, 4) is 0 Å². The second-order valence-corrected chi connectivity index (χ2v) is 2.96. The number of esters is 1. The van der Waals surface area contributed by atoms with Crippen LogP contribution in [0.3, 0.4) is 0 Å². The molecule has 1 N–H and O–H groups in total. The summed E-state index contributed by atoms with van der Waals surface area (Å²) in [7, 11) is 0. The highest BCUT2D eigenvalue weighted by molar-refractivity contribution is 6.39. The highest BCUT2D eigenvalue weighted by Crippen LogP contribution is 2.34. The summed E-state index contributed by atoms with van der Waals surface area (Å²) in [6.07, 6.45) is 0.352. The molecule has 5 nitrogen and oxygen atoms in total. The van der Waals surface area contributed by atoms with Gasteiger partial charge in [-0.1, -0.05) is 6.92 Å². The number of carbonyl (C=O) groups is 3.